The second-order valence-corrected chi connectivity index (χ2v) is 29.2. The minimum Gasteiger partial charge on any atom is -0.491 e. The van der Waals surface area contributed by atoms with Crippen molar-refractivity contribution >= 4 is 72.8 Å². The highest BCUT2D eigenvalue weighted by atomic mass is 32.2. The molecule has 3 amide bonds. The molecule has 0 aliphatic carbocycles. The minimum absolute atomic E-state index is 0.00388. The minimum atomic E-state index is -3.94. The van der Waals surface area contributed by atoms with Crippen molar-refractivity contribution in [1.29, 1.82) is 0 Å². The lowest BCUT2D eigenvalue weighted by Gasteiger charge is -2.48. The van der Waals surface area contributed by atoms with Crippen LogP contribution in [0.3, 0.4) is 0 Å². The lowest BCUT2D eigenvalue weighted by atomic mass is 9.91. The molecule has 0 bridgehead atoms. The van der Waals surface area contributed by atoms with Crippen LogP contribution < -0.4 is 19.9 Å². The van der Waals surface area contributed by atoms with Gasteiger partial charge in [-0.05, 0) is 115 Å². The smallest absolute Gasteiger partial charge is 0.410 e. The highest BCUT2D eigenvalue weighted by molar-refractivity contribution is 7.92. The average molecular weight is 1240 g/mol. The number of halogens is 2. The fourth-order valence-corrected chi connectivity index (χ4v) is 13.5. The van der Waals surface area contributed by atoms with Gasteiger partial charge in [-0.15, -0.1) is 0 Å². The number of H-pyrrole nitrogens is 1. The molecule has 4 aromatic heterocycles. The largest absolute Gasteiger partial charge is 0.491 e. The van der Waals surface area contributed by atoms with Crippen LogP contribution in [0.15, 0.2) is 90.5 Å². The molecular weight excluding hydrogens is 1160 g/mol. The quantitative estimate of drug-likeness (QED) is 0.0995. The number of piperazine rings is 3. The molecule has 25 heteroatoms. The van der Waals surface area contributed by atoms with Crippen molar-refractivity contribution in [3.05, 3.63) is 120 Å². The molecule has 3 atom stereocenters. The topological polar surface area (TPSA) is 232 Å². The van der Waals surface area contributed by atoms with Crippen molar-refractivity contribution in [2.75, 3.05) is 107 Å². The fourth-order valence-electron chi connectivity index (χ4n) is 12.2. The molecule has 8 heterocycles. The summed E-state index contributed by atoms with van der Waals surface area (Å²) in [6.45, 7) is 25.4. The van der Waals surface area contributed by atoms with Gasteiger partial charge in [-0.1, -0.05) is 26.0 Å². The highest BCUT2D eigenvalue weighted by Gasteiger charge is 2.44. The third-order valence-corrected chi connectivity index (χ3v) is 19.7. The molecular formula is C64H79F2N15O7S. The molecule has 89 heavy (non-hydrogen) atoms. The number of pyridine rings is 1. The maximum absolute atomic E-state index is 14.7. The van der Waals surface area contributed by atoms with Crippen LogP contribution in [0.1, 0.15) is 96.4 Å². The summed E-state index contributed by atoms with van der Waals surface area (Å²) >= 11 is 0. The molecule has 0 radical (unpaired) electrons. The van der Waals surface area contributed by atoms with Gasteiger partial charge in [0.2, 0.25) is 11.9 Å². The molecule has 22 nitrogen and oxygen atoms in total. The van der Waals surface area contributed by atoms with Gasteiger partial charge in [-0.25, -0.2) is 41.9 Å². The number of carbonyl (C=O) groups is 3. The van der Waals surface area contributed by atoms with Crippen molar-refractivity contribution in [2.45, 2.75) is 114 Å². The van der Waals surface area contributed by atoms with E-state index in [4.69, 9.17) is 14.5 Å². The number of ether oxygens (including phenoxy) is 2. The monoisotopic (exact) mass is 1240 g/mol. The maximum atomic E-state index is 14.7. The predicted molar refractivity (Wildman–Crippen MR) is 336 cm³/mol. The third-order valence-electron chi connectivity index (χ3n) is 17.2. The van der Waals surface area contributed by atoms with E-state index in [1.165, 1.54) is 36.7 Å². The summed E-state index contributed by atoms with van der Waals surface area (Å²) in [6, 6.07) is 15.3. The van der Waals surface area contributed by atoms with Gasteiger partial charge < -0.3 is 34.4 Å². The number of amides is 3. The van der Waals surface area contributed by atoms with E-state index in [1.54, 1.807) is 62.3 Å². The number of rotatable bonds is 15. The molecule has 3 fully saturated rings. The summed E-state index contributed by atoms with van der Waals surface area (Å²) in [5.74, 6) is 0.341. The van der Waals surface area contributed by atoms with Crippen LogP contribution >= 0.6 is 0 Å². The maximum Gasteiger partial charge on any atom is 0.410 e. The first-order valence-corrected chi connectivity index (χ1v) is 31.8. The lowest BCUT2D eigenvalue weighted by Crippen LogP contribution is -2.65. The third kappa shape index (κ3) is 13.6. The summed E-state index contributed by atoms with van der Waals surface area (Å²) in [5.41, 5.74) is 3.86. The Morgan fingerprint density at radius 2 is 1.49 bits per heavy atom. The molecule has 2 N–H and O–H groups in total. The number of nitrogens with zero attached hydrogens (tertiary/aromatic N) is 13. The van der Waals surface area contributed by atoms with Crippen LogP contribution in [-0.2, 0) is 31.2 Å². The molecule has 4 aliphatic rings. The van der Waals surface area contributed by atoms with E-state index < -0.39 is 32.1 Å². The molecule has 11 rings (SSSR count). The van der Waals surface area contributed by atoms with Crippen molar-refractivity contribution in [1.82, 2.24) is 59.6 Å². The molecule has 1 unspecified atom stereocenters. The van der Waals surface area contributed by atoms with E-state index in [0.29, 0.717) is 130 Å². The SMILES string of the molecule is CC1CN(C(=O)c2cnc(N3CCN(CCOc4cc5ncnc(Nc6n[nH]c7ccc(F)cc67)c5cc4S(=O)(=O)C(C)(C)C)CC3)nc2)CCN1C[C@H]1CN(C(=O)OC(C)(C)C)[C@H](C)CN1CC(=O)N1CC(C)(C)c2ncc(Cc3ccc(F)cc3)cc21. The number of aromatic nitrogens is 7. The van der Waals surface area contributed by atoms with E-state index in [9.17, 15) is 31.6 Å². The van der Waals surface area contributed by atoms with E-state index in [2.05, 4.69) is 75.8 Å². The van der Waals surface area contributed by atoms with Crippen LogP contribution in [0, 0.1) is 11.6 Å². The molecule has 7 aromatic rings. The number of hydrogen-bond acceptors (Lipinski definition) is 18. The zero-order valence-electron chi connectivity index (χ0n) is 52.3. The lowest BCUT2D eigenvalue weighted by molar-refractivity contribution is -0.121. The molecule has 3 saturated heterocycles. The van der Waals surface area contributed by atoms with E-state index in [-0.39, 0.29) is 65.0 Å². The molecule has 0 saturated carbocycles. The average Bonchev–Trinajstić information content (AvgIpc) is 1.78. The van der Waals surface area contributed by atoms with E-state index in [0.717, 1.165) is 22.5 Å². The summed E-state index contributed by atoms with van der Waals surface area (Å²) in [4.78, 5) is 79.9. The first kappa shape index (κ1) is 62.6. The van der Waals surface area contributed by atoms with Gasteiger partial charge in [0.15, 0.2) is 15.7 Å². The zero-order chi connectivity index (χ0) is 63.3. The summed E-state index contributed by atoms with van der Waals surface area (Å²) in [7, 11) is -3.94. The van der Waals surface area contributed by atoms with Gasteiger partial charge >= 0.3 is 6.09 Å². The van der Waals surface area contributed by atoms with Crippen LogP contribution in [0.25, 0.3) is 21.8 Å². The van der Waals surface area contributed by atoms with Gasteiger partial charge in [0.25, 0.3) is 5.91 Å². The fraction of sp³-hybridized carbons (Fsp3) is 0.484. The summed E-state index contributed by atoms with van der Waals surface area (Å²) < 4.78 is 67.3. The number of anilines is 4. The molecule has 4 aliphatic heterocycles. The van der Waals surface area contributed by atoms with Crippen LogP contribution in [0.4, 0.5) is 36.8 Å². The number of fused-ring (bicyclic) bond motifs is 3. The van der Waals surface area contributed by atoms with Crippen molar-refractivity contribution in [3.63, 3.8) is 0 Å². The molecule has 0 spiro atoms. The Balaban J connectivity index is 0.696. The van der Waals surface area contributed by atoms with Crippen LogP contribution in [-0.4, -0.2) is 206 Å². The molecule has 472 valence electrons. The van der Waals surface area contributed by atoms with Crippen molar-refractivity contribution in [2.24, 2.45) is 0 Å². The number of benzene rings is 3. The first-order chi connectivity index (χ1) is 42.2. The highest BCUT2D eigenvalue weighted by Crippen LogP contribution is 2.41. The van der Waals surface area contributed by atoms with Gasteiger partial charge in [0.05, 0.1) is 39.3 Å². The van der Waals surface area contributed by atoms with Gasteiger partial charge in [0.1, 0.15) is 46.6 Å². The standard InChI is InChI=1S/C64H79F2N15O7S/c1-40-33-78(22-21-77(40)35-47-36-80(61(84)88-62(3,4)5)41(2)34-79(47)37-55(82)81-38-64(9,10)56-52(81)26-43(30-67-56)25-42-11-13-45(65)14-12-42)59(83)44-31-68-60(69-32-44)76-19-17-75(18-20-76)23-24-87-53-29-51-49(28-54(53)89(85,86)63(6,7)8)57(71-39-70-51)72-58-48-27-46(66)15-16-50(48)73-74-58/h11-16,26-32,39-41,47H,17-25,33-38H2,1-10H3,(H2,70,71,72,73,74)/t40?,41-,47+/m1/s1. The number of aromatic amines is 1. The Labute approximate surface area is 517 Å². The Hall–Kier alpha value is -8.00. The van der Waals surface area contributed by atoms with E-state index in [1.807, 2.05) is 49.8 Å². The van der Waals surface area contributed by atoms with Gasteiger partial charge in [-0.3, -0.25) is 34.4 Å². The van der Waals surface area contributed by atoms with Crippen LogP contribution in [0.5, 0.6) is 5.75 Å². The van der Waals surface area contributed by atoms with Crippen LogP contribution in [0.2, 0.25) is 0 Å². The zero-order valence-corrected chi connectivity index (χ0v) is 53.1. The predicted octanol–water partition coefficient (Wildman–Crippen LogP) is 7.86. The van der Waals surface area contributed by atoms with Gasteiger partial charge in [-0.2, -0.15) is 5.10 Å². The van der Waals surface area contributed by atoms with Crippen molar-refractivity contribution < 1.29 is 41.1 Å². The normalized spacial score (nSPS) is 19.7. The first-order valence-electron chi connectivity index (χ1n) is 30.4. The number of hydrogen-bond donors (Lipinski definition) is 2. The Kier molecular flexibility index (Phi) is 17.4. The summed E-state index contributed by atoms with van der Waals surface area (Å²) in [6.07, 6.45) is 6.52. The Morgan fingerprint density at radius 1 is 0.764 bits per heavy atom. The second-order valence-electron chi connectivity index (χ2n) is 26.5. The Morgan fingerprint density at radius 3 is 2.20 bits per heavy atom. The number of carbonyl (C=O) groups excluding carboxylic acids is 3. The van der Waals surface area contributed by atoms with Gasteiger partial charge in [0, 0.05) is 138 Å². The number of sulfone groups is 1. The second kappa shape index (κ2) is 24.8. The number of nitrogens with one attached hydrogen (secondary N) is 2. The molecule has 3 aromatic carbocycles. The van der Waals surface area contributed by atoms with Crippen molar-refractivity contribution in [3.8, 4) is 5.75 Å². The van der Waals surface area contributed by atoms with E-state index >= 15 is 0 Å². The Bertz CT molecular complexity index is 3890. The summed E-state index contributed by atoms with van der Waals surface area (Å²) in [5, 5.41) is 11.2.